The Hall–Kier alpha value is -3.43. The number of H-pyrrole nitrogens is 1. The Morgan fingerprint density at radius 2 is 1.88 bits per heavy atom. The molecule has 3 aromatic rings. The van der Waals surface area contributed by atoms with E-state index in [0.717, 1.165) is 0 Å². The monoisotopic (exact) mass is 366 g/mol. The quantitative estimate of drug-likeness (QED) is 0.530. The molecule has 0 bridgehead atoms. The minimum atomic E-state index is -0.555. The number of nitrogens with zero attached hydrogens (tertiary/aromatic N) is 2. The Morgan fingerprint density at radius 3 is 2.54 bits per heavy atom. The van der Waals surface area contributed by atoms with Crippen LogP contribution >= 0.6 is 11.6 Å². The number of hydrogen-bond donors (Lipinski definition) is 2. The number of carbonyl (C=O) groups is 1. The van der Waals surface area contributed by atoms with Crippen molar-refractivity contribution in [2.24, 2.45) is 0 Å². The van der Waals surface area contributed by atoms with Crippen LogP contribution in [-0.2, 0) is 4.79 Å². The minimum Gasteiger partial charge on any atom is -0.321 e. The Bertz CT molecular complexity index is 1000. The summed E-state index contributed by atoms with van der Waals surface area (Å²) < 4.78 is 13.1. The van der Waals surface area contributed by atoms with E-state index in [4.69, 9.17) is 11.6 Å². The lowest BCUT2D eigenvalue weighted by Gasteiger charge is -2.05. The summed E-state index contributed by atoms with van der Waals surface area (Å²) >= 11 is 5.81. The molecule has 0 unspecified atom stereocenters. The Balaban J connectivity index is 1.87. The summed E-state index contributed by atoms with van der Waals surface area (Å²) in [6.07, 6.45) is 2.92. The minimum absolute atomic E-state index is 0.0929. The van der Waals surface area contributed by atoms with Crippen LogP contribution in [0.5, 0.6) is 0 Å². The lowest BCUT2D eigenvalue weighted by molar-refractivity contribution is -0.112. The van der Waals surface area contributed by atoms with E-state index in [1.807, 2.05) is 6.07 Å². The van der Waals surface area contributed by atoms with Gasteiger partial charge in [-0.15, -0.1) is 0 Å². The molecule has 3 rings (SSSR count). The summed E-state index contributed by atoms with van der Waals surface area (Å²) in [5.41, 5.74) is 2.23. The first-order valence-electron chi connectivity index (χ1n) is 7.55. The molecule has 2 aromatic carbocycles. The zero-order valence-electron chi connectivity index (χ0n) is 13.3. The first kappa shape index (κ1) is 17.4. The molecule has 0 aliphatic carbocycles. The molecule has 1 heterocycles. The van der Waals surface area contributed by atoms with Crippen LogP contribution < -0.4 is 5.32 Å². The Kier molecular flexibility index (Phi) is 5.11. The van der Waals surface area contributed by atoms with Crippen molar-refractivity contribution in [3.63, 3.8) is 0 Å². The molecule has 5 nitrogen and oxygen atoms in total. The van der Waals surface area contributed by atoms with Crippen molar-refractivity contribution in [1.29, 1.82) is 5.26 Å². The van der Waals surface area contributed by atoms with Gasteiger partial charge < -0.3 is 5.32 Å². The normalized spacial score (nSPS) is 11.0. The van der Waals surface area contributed by atoms with Crippen LogP contribution in [0, 0.1) is 17.1 Å². The maximum atomic E-state index is 13.1. The molecule has 0 radical (unpaired) electrons. The fraction of sp³-hybridized carbons (Fsp3) is 0. The summed E-state index contributed by atoms with van der Waals surface area (Å²) in [6, 6.07) is 14.2. The zero-order valence-corrected chi connectivity index (χ0v) is 14.1. The third-order valence-electron chi connectivity index (χ3n) is 3.57. The SMILES string of the molecule is N#CC(=Cc1cn[nH]c1-c1ccc(F)cc1)C(=O)Nc1ccc(Cl)cc1. The van der Waals surface area contributed by atoms with Gasteiger partial charge in [0.1, 0.15) is 17.5 Å². The molecule has 0 aliphatic heterocycles. The average Bonchev–Trinajstić information content (AvgIpc) is 3.10. The second kappa shape index (κ2) is 7.64. The smallest absolute Gasteiger partial charge is 0.266 e. The molecule has 128 valence electrons. The van der Waals surface area contributed by atoms with Gasteiger partial charge in [0.15, 0.2) is 0 Å². The van der Waals surface area contributed by atoms with Gasteiger partial charge in [-0.05, 0) is 54.6 Å². The highest BCUT2D eigenvalue weighted by Gasteiger charge is 2.13. The van der Waals surface area contributed by atoms with E-state index in [0.29, 0.717) is 27.5 Å². The van der Waals surface area contributed by atoms with Gasteiger partial charge in [0.2, 0.25) is 0 Å². The van der Waals surface area contributed by atoms with Gasteiger partial charge >= 0.3 is 0 Å². The van der Waals surface area contributed by atoms with Crippen molar-refractivity contribution in [2.45, 2.75) is 0 Å². The largest absolute Gasteiger partial charge is 0.321 e. The third kappa shape index (κ3) is 3.97. The number of anilines is 1. The number of rotatable bonds is 4. The molecule has 7 heteroatoms. The van der Waals surface area contributed by atoms with Crippen LogP contribution in [0.2, 0.25) is 5.02 Å². The summed E-state index contributed by atoms with van der Waals surface area (Å²) in [5, 5.41) is 19.2. The zero-order chi connectivity index (χ0) is 18.5. The molecule has 26 heavy (non-hydrogen) atoms. The van der Waals surface area contributed by atoms with Crippen molar-refractivity contribution in [3.8, 4) is 17.3 Å². The Morgan fingerprint density at radius 1 is 1.19 bits per heavy atom. The van der Waals surface area contributed by atoms with E-state index in [2.05, 4.69) is 15.5 Å². The first-order chi connectivity index (χ1) is 12.6. The molecule has 2 N–H and O–H groups in total. The maximum absolute atomic E-state index is 13.1. The second-order valence-electron chi connectivity index (χ2n) is 5.34. The predicted molar refractivity (Wildman–Crippen MR) is 97.7 cm³/mol. The van der Waals surface area contributed by atoms with Crippen LogP contribution in [0.4, 0.5) is 10.1 Å². The number of nitriles is 1. The summed E-state index contributed by atoms with van der Waals surface area (Å²) in [7, 11) is 0. The van der Waals surface area contributed by atoms with E-state index in [9.17, 15) is 14.4 Å². The van der Waals surface area contributed by atoms with Crippen LogP contribution in [0.3, 0.4) is 0 Å². The number of nitrogens with one attached hydrogen (secondary N) is 2. The van der Waals surface area contributed by atoms with Crippen molar-refractivity contribution in [1.82, 2.24) is 10.2 Å². The van der Waals surface area contributed by atoms with Crippen molar-refractivity contribution >= 4 is 29.3 Å². The standard InChI is InChI=1S/C19H12ClFN4O/c20-15-3-7-17(8-4-15)24-19(26)13(10-22)9-14-11-23-25-18(14)12-1-5-16(21)6-2-12/h1-9,11H,(H,23,25)(H,24,26). The fourth-order valence-electron chi connectivity index (χ4n) is 2.29. The summed E-state index contributed by atoms with van der Waals surface area (Å²) in [6.45, 7) is 0. The molecule has 0 fully saturated rings. The van der Waals surface area contributed by atoms with Gasteiger partial charge in [-0.3, -0.25) is 9.89 Å². The van der Waals surface area contributed by atoms with E-state index in [-0.39, 0.29) is 11.4 Å². The van der Waals surface area contributed by atoms with Gasteiger partial charge in [-0.2, -0.15) is 10.4 Å². The van der Waals surface area contributed by atoms with Crippen molar-refractivity contribution in [2.75, 3.05) is 5.32 Å². The lowest BCUT2D eigenvalue weighted by atomic mass is 10.1. The van der Waals surface area contributed by atoms with E-state index >= 15 is 0 Å². The number of amides is 1. The summed E-state index contributed by atoms with van der Waals surface area (Å²) in [5.74, 6) is -0.911. The van der Waals surface area contributed by atoms with Gasteiger partial charge in [0.05, 0.1) is 11.9 Å². The lowest BCUT2D eigenvalue weighted by Crippen LogP contribution is -2.13. The Labute approximate surface area is 153 Å². The van der Waals surface area contributed by atoms with E-state index in [1.165, 1.54) is 24.4 Å². The van der Waals surface area contributed by atoms with Gasteiger partial charge in [-0.25, -0.2) is 4.39 Å². The molecular weight excluding hydrogens is 355 g/mol. The van der Waals surface area contributed by atoms with Crippen LogP contribution in [0.25, 0.3) is 17.3 Å². The molecule has 0 spiro atoms. The van der Waals surface area contributed by atoms with Crippen LogP contribution in [0.15, 0.2) is 60.3 Å². The topological polar surface area (TPSA) is 81.6 Å². The van der Waals surface area contributed by atoms with Gasteiger partial charge in [-0.1, -0.05) is 11.6 Å². The molecule has 0 saturated heterocycles. The van der Waals surface area contributed by atoms with Crippen LogP contribution in [-0.4, -0.2) is 16.1 Å². The number of halogens is 2. The second-order valence-corrected chi connectivity index (χ2v) is 5.77. The molecule has 0 atom stereocenters. The highest BCUT2D eigenvalue weighted by atomic mass is 35.5. The molecule has 1 aromatic heterocycles. The number of carbonyl (C=O) groups excluding carboxylic acids is 1. The molecular formula is C19H12ClFN4O. The maximum Gasteiger partial charge on any atom is 0.266 e. The first-order valence-corrected chi connectivity index (χ1v) is 7.92. The highest BCUT2D eigenvalue weighted by Crippen LogP contribution is 2.23. The predicted octanol–water partition coefficient (Wildman–Crippen LogP) is 4.41. The van der Waals surface area contributed by atoms with Gasteiger partial charge in [0.25, 0.3) is 5.91 Å². The van der Waals surface area contributed by atoms with Crippen molar-refractivity contribution < 1.29 is 9.18 Å². The number of benzene rings is 2. The molecule has 1 amide bonds. The van der Waals surface area contributed by atoms with Crippen LogP contribution in [0.1, 0.15) is 5.56 Å². The number of aromatic amines is 1. The third-order valence-corrected chi connectivity index (χ3v) is 3.82. The molecule has 0 saturated carbocycles. The molecule has 0 aliphatic rings. The summed E-state index contributed by atoms with van der Waals surface area (Å²) in [4.78, 5) is 12.3. The van der Waals surface area contributed by atoms with Gasteiger partial charge in [0, 0.05) is 21.8 Å². The van der Waals surface area contributed by atoms with E-state index in [1.54, 1.807) is 36.4 Å². The van der Waals surface area contributed by atoms with Crippen molar-refractivity contribution in [3.05, 3.63) is 76.7 Å². The van der Waals surface area contributed by atoms with E-state index < -0.39 is 5.91 Å². The number of aromatic nitrogens is 2. The average molecular weight is 367 g/mol. The fourth-order valence-corrected chi connectivity index (χ4v) is 2.41. The highest BCUT2D eigenvalue weighted by molar-refractivity contribution is 6.30. The number of hydrogen-bond acceptors (Lipinski definition) is 3.